The number of carbonyl (C=O) groups excluding carboxylic acids is 2. The summed E-state index contributed by atoms with van der Waals surface area (Å²) < 4.78 is 8.96. The van der Waals surface area contributed by atoms with Gasteiger partial charge in [-0.2, -0.15) is 0 Å². The zero-order valence-corrected chi connectivity index (χ0v) is 10.7. The third-order valence-corrected chi connectivity index (χ3v) is 2.33. The third-order valence-electron chi connectivity index (χ3n) is 2.33. The van der Waals surface area contributed by atoms with Crippen LogP contribution in [0.4, 0.5) is 5.69 Å². The van der Waals surface area contributed by atoms with Gasteiger partial charge in [0.15, 0.2) is 5.57 Å². The maximum absolute atomic E-state index is 11.4. The first-order valence-electron chi connectivity index (χ1n) is 5.45. The number of ether oxygens (including phenoxy) is 2. The van der Waals surface area contributed by atoms with Gasteiger partial charge in [-0.05, 0) is 17.7 Å². The Bertz CT molecular complexity index is 460. The van der Waals surface area contributed by atoms with Crippen molar-refractivity contribution in [3.05, 3.63) is 41.6 Å². The number of aliphatic hydroxyl groups excluding tert-OH is 1. The number of aliphatic hydroxyl groups is 1. The van der Waals surface area contributed by atoms with E-state index in [0.29, 0.717) is 5.69 Å². The van der Waals surface area contributed by atoms with E-state index in [2.05, 4.69) is 14.8 Å². The SMILES string of the molecule is COC(=O)C(=CNc1ccc(CO)cc1)C(=O)OC. The van der Waals surface area contributed by atoms with Crippen LogP contribution >= 0.6 is 0 Å². The van der Waals surface area contributed by atoms with Gasteiger partial charge in [0, 0.05) is 11.9 Å². The smallest absolute Gasteiger partial charge is 0.346 e. The van der Waals surface area contributed by atoms with E-state index in [1.807, 2.05) is 0 Å². The summed E-state index contributed by atoms with van der Waals surface area (Å²) in [6.45, 7) is -0.0499. The van der Waals surface area contributed by atoms with Crippen LogP contribution in [0.25, 0.3) is 0 Å². The van der Waals surface area contributed by atoms with Crippen molar-refractivity contribution >= 4 is 17.6 Å². The average Bonchev–Trinajstić information content (AvgIpc) is 2.47. The molecule has 0 spiro atoms. The summed E-state index contributed by atoms with van der Waals surface area (Å²) in [5, 5.41) is 11.7. The van der Waals surface area contributed by atoms with Crippen LogP contribution in [-0.2, 0) is 25.7 Å². The molecule has 0 aliphatic carbocycles. The third kappa shape index (κ3) is 4.11. The molecule has 102 valence electrons. The lowest BCUT2D eigenvalue weighted by Crippen LogP contribution is -2.17. The van der Waals surface area contributed by atoms with Gasteiger partial charge in [-0.3, -0.25) is 0 Å². The molecule has 0 aliphatic heterocycles. The molecular formula is C13H15NO5. The van der Waals surface area contributed by atoms with Gasteiger partial charge in [-0.1, -0.05) is 12.1 Å². The fourth-order valence-corrected chi connectivity index (χ4v) is 1.28. The van der Waals surface area contributed by atoms with Crippen LogP contribution in [0.5, 0.6) is 0 Å². The van der Waals surface area contributed by atoms with Gasteiger partial charge in [0.05, 0.1) is 20.8 Å². The van der Waals surface area contributed by atoms with Crippen LogP contribution in [0.3, 0.4) is 0 Å². The highest BCUT2D eigenvalue weighted by atomic mass is 16.5. The number of hydrogen-bond donors (Lipinski definition) is 2. The Labute approximate surface area is 110 Å². The lowest BCUT2D eigenvalue weighted by molar-refractivity contribution is -0.144. The standard InChI is InChI=1S/C13H15NO5/c1-18-12(16)11(13(17)19-2)7-14-10-5-3-9(8-15)4-6-10/h3-7,14-15H,8H2,1-2H3. The van der Waals surface area contributed by atoms with Crippen LogP contribution in [0.2, 0.25) is 0 Å². The van der Waals surface area contributed by atoms with Crippen molar-refractivity contribution < 1.29 is 24.2 Å². The minimum Gasteiger partial charge on any atom is -0.465 e. The van der Waals surface area contributed by atoms with Crippen molar-refractivity contribution in [1.29, 1.82) is 0 Å². The molecule has 0 saturated carbocycles. The monoisotopic (exact) mass is 265 g/mol. The molecule has 6 heteroatoms. The highest BCUT2D eigenvalue weighted by molar-refractivity contribution is 6.14. The Hall–Kier alpha value is -2.34. The zero-order valence-electron chi connectivity index (χ0n) is 10.7. The molecule has 1 aromatic carbocycles. The molecule has 19 heavy (non-hydrogen) atoms. The molecule has 0 aliphatic rings. The predicted octanol–water partition coefficient (Wildman–Crippen LogP) is 0.821. The molecule has 0 atom stereocenters. The number of nitrogens with one attached hydrogen (secondary N) is 1. The molecule has 1 rings (SSSR count). The van der Waals surface area contributed by atoms with Crippen molar-refractivity contribution in [2.75, 3.05) is 19.5 Å². The topological polar surface area (TPSA) is 84.9 Å². The summed E-state index contributed by atoms with van der Waals surface area (Å²) in [6, 6.07) is 6.83. The first-order chi connectivity index (χ1) is 9.12. The molecule has 0 amide bonds. The number of hydrogen-bond acceptors (Lipinski definition) is 6. The second-order valence-electron chi connectivity index (χ2n) is 3.54. The number of methoxy groups -OCH3 is 2. The van der Waals surface area contributed by atoms with Gasteiger partial charge in [-0.15, -0.1) is 0 Å². The minimum atomic E-state index is -0.786. The summed E-state index contributed by atoms with van der Waals surface area (Å²) in [5.74, 6) is -1.57. The molecule has 0 radical (unpaired) electrons. The van der Waals surface area contributed by atoms with Gasteiger partial charge in [0.1, 0.15) is 0 Å². The van der Waals surface area contributed by atoms with E-state index in [1.165, 1.54) is 20.4 Å². The molecule has 1 aromatic rings. The van der Waals surface area contributed by atoms with Crippen molar-refractivity contribution in [3.8, 4) is 0 Å². The summed E-state index contributed by atoms with van der Waals surface area (Å²) in [6.07, 6.45) is 1.21. The molecule has 6 nitrogen and oxygen atoms in total. The number of carbonyl (C=O) groups is 2. The normalized spacial score (nSPS) is 9.42. The maximum Gasteiger partial charge on any atom is 0.346 e. The predicted molar refractivity (Wildman–Crippen MR) is 68.1 cm³/mol. The van der Waals surface area contributed by atoms with Crippen molar-refractivity contribution in [2.45, 2.75) is 6.61 Å². The first kappa shape index (κ1) is 14.7. The van der Waals surface area contributed by atoms with Gasteiger partial charge in [0.25, 0.3) is 0 Å². The van der Waals surface area contributed by atoms with Crippen molar-refractivity contribution in [3.63, 3.8) is 0 Å². The summed E-state index contributed by atoms with van der Waals surface area (Å²) in [7, 11) is 2.35. The lowest BCUT2D eigenvalue weighted by Gasteiger charge is -2.05. The number of esters is 2. The highest BCUT2D eigenvalue weighted by Crippen LogP contribution is 2.10. The van der Waals surface area contributed by atoms with E-state index in [9.17, 15) is 9.59 Å². The Balaban J connectivity index is 2.84. The van der Waals surface area contributed by atoms with Crippen LogP contribution in [0, 0.1) is 0 Å². The Morgan fingerprint density at radius 2 is 1.68 bits per heavy atom. The average molecular weight is 265 g/mol. The minimum absolute atomic E-state index is 0.0499. The number of rotatable bonds is 5. The lowest BCUT2D eigenvalue weighted by atomic mass is 10.2. The van der Waals surface area contributed by atoms with Crippen LogP contribution in [0.15, 0.2) is 36.0 Å². The van der Waals surface area contributed by atoms with Gasteiger partial charge in [0.2, 0.25) is 0 Å². The number of benzene rings is 1. The van der Waals surface area contributed by atoms with Crippen LogP contribution < -0.4 is 5.32 Å². The molecule has 0 heterocycles. The van der Waals surface area contributed by atoms with E-state index < -0.39 is 11.9 Å². The zero-order chi connectivity index (χ0) is 14.3. The number of anilines is 1. The quantitative estimate of drug-likeness (QED) is 0.355. The molecule has 0 bridgehead atoms. The maximum atomic E-state index is 11.4. The molecule has 0 aromatic heterocycles. The molecule has 0 fully saturated rings. The largest absolute Gasteiger partial charge is 0.465 e. The van der Waals surface area contributed by atoms with E-state index >= 15 is 0 Å². The second-order valence-corrected chi connectivity index (χ2v) is 3.54. The van der Waals surface area contributed by atoms with Crippen LogP contribution in [-0.4, -0.2) is 31.3 Å². The second kappa shape index (κ2) is 7.17. The fraction of sp³-hybridized carbons (Fsp3) is 0.231. The Morgan fingerprint density at radius 1 is 1.16 bits per heavy atom. The Kier molecular flexibility index (Phi) is 5.56. The molecule has 0 unspecified atom stereocenters. The Morgan fingerprint density at radius 3 is 2.11 bits per heavy atom. The first-order valence-corrected chi connectivity index (χ1v) is 5.45. The summed E-state index contributed by atoms with van der Waals surface area (Å²) in [5.41, 5.74) is 1.18. The van der Waals surface area contributed by atoms with Gasteiger partial charge >= 0.3 is 11.9 Å². The van der Waals surface area contributed by atoms with E-state index in [-0.39, 0.29) is 12.2 Å². The van der Waals surface area contributed by atoms with Gasteiger partial charge in [-0.25, -0.2) is 9.59 Å². The van der Waals surface area contributed by atoms with Crippen molar-refractivity contribution in [1.82, 2.24) is 0 Å². The highest BCUT2D eigenvalue weighted by Gasteiger charge is 2.19. The molecular weight excluding hydrogens is 250 g/mol. The van der Waals surface area contributed by atoms with E-state index in [0.717, 1.165) is 5.56 Å². The van der Waals surface area contributed by atoms with Gasteiger partial charge < -0.3 is 19.9 Å². The van der Waals surface area contributed by atoms with Crippen LogP contribution in [0.1, 0.15) is 5.56 Å². The molecule has 2 N–H and O–H groups in total. The van der Waals surface area contributed by atoms with Crippen molar-refractivity contribution in [2.24, 2.45) is 0 Å². The van der Waals surface area contributed by atoms with E-state index in [1.54, 1.807) is 24.3 Å². The summed E-state index contributed by atoms with van der Waals surface area (Å²) in [4.78, 5) is 22.7. The summed E-state index contributed by atoms with van der Waals surface area (Å²) >= 11 is 0. The fourth-order valence-electron chi connectivity index (χ4n) is 1.28. The van der Waals surface area contributed by atoms with E-state index in [4.69, 9.17) is 5.11 Å². The molecule has 0 saturated heterocycles.